The number of nitrogens with two attached hydrogens (primary N) is 1. The molecule has 0 aliphatic carbocycles. The van der Waals surface area contributed by atoms with E-state index in [9.17, 15) is 0 Å². The Morgan fingerprint density at radius 2 is 2.00 bits per heavy atom. The van der Waals surface area contributed by atoms with Crippen LogP contribution < -0.4 is 5.73 Å². The average Bonchev–Trinajstić information content (AvgIpc) is 1.97. The fourth-order valence-corrected chi connectivity index (χ4v) is 2.28. The predicted octanol–water partition coefficient (Wildman–Crippen LogP) is 2.71. The van der Waals surface area contributed by atoms with E-state index in [4.69, 9.17) is 5.73 Å². The minimum absolute atomic E-state index is 0.176. The van der Waals surface area contributed by atoms with Gasteiger partial charge in [-0.3, -0.25) is 0 Å². The summed E-state index contributed by atoms with van der Waals surface area (Å²) in [5.41, 5.74) is 5.98. The first-order valence-electron chi connectivity index (χ1n) is 4.45. The van der Waals surface area contributed by atoms with Gasteiger partial charge in [0.05, 0.1) is 8.07 Å². The van der Waals surface area contributed by atoms with Crippen LogP contribution in [0.2, 0.25) is 19.6 Å². The molecule has 0 aliphatic rings. The lowest BCUT2D eigenvalue weighted by molar-refractivity contribution is 0.720. The number of hydrogen-bond donors (Lipinski definition) is 1. The fourth-order valence-electron chi connectivity index (χ4n) is 1.03. The molecule has 0 saturated heterocycles. The van der Waals surface area contributed by atoms with Crippen LogP contribution in [0.1, 0.15) is 12.8 Å². The van der Waals surface area contributed by atoms with Gasteiger partial charge in [0, 0.05) is 6.04 Å². The number of hydrogen-bond acceptors (Lipinski definition) is 1. The van der Waals surface area contributed by atoms with Crippen molar-refractivity contribution in [1.29, 1.82) is 0 Å². The van der Waals surface area contributed by atoms with Crippen LogP contribution in [0.25, 0.3) is 0 Å². The molecule has 1 atom stereocenters. The van der Waals surface area contributed by atoms with Crippen molar-refractivity contribution in [2.24, 2.45) is 5.73 Å². The highest BCUT2D eigenvalue weighted by Gasteiger charge is 2.21. The van der Waals surface area contributed by atoms with E-state index in [2.05, 4.69) is 32.8 Å². The average molecular weight is 183 g/mol. The monoisotopic (exact) mass is 183 g/mol. The lowest BCUT2D eigenvalue weighted by Gasteiger charge is -2.25. The van der Waals surface area contributed by atoms with Gasteiger partial charge in [-0.2, -0.15) is 0 Å². The van der Waals surface area contributed by atoms with Crippen molar-refractivity contribution in [2.75, 3.05) is 0 Å². The molecule has 2 heteroatoms. The van der Waals surface area contributed by atoms with Crippen molar-refractivity contribution in [2.45, 2.75) is 38.5 Å². The maximum absolute atomic E-state index is 5.98. The third-order valence-electron chi connectivity index (χ3n) is 2.09. The summed E-state index contributed by atoms with van der Waals surface area (Å²) in [7, 11) is -1.23. The molecule has 0 aliphatic heterocycles. The van der Waals surface area contributed by atoms with E-state index in [1.165, 1.54) is 5.20 Å². The summed E-state index contributed by atoms with van der Waals surface area (Å²) in [6.45, 7) is 14.6. The van der Waals surface area contributed by atoms with E-state index >= 15 is 0 Å². The van der Waals surface area contributed by atoms with Crippen LogP contribution in [0.3, 0.4) is 0 Å². The molecule has 0 fully saturated rings. The maximum Gasteiger partial charge on any atom is 0.0736 e. The minimum atomic E-state index is -1.23. The second-order valence-electron chi connectivity index (χ2n) is 4.25. The summed E-state index contributed by atoms with van der Waals surface area (Å²) in [6.07, 6.45) is 3.90. The quantitative estimate of drug-likeness (QED) is 0.515. The van der Waals surface area contributed by atoms with Gasteiger partial charge < -0.3 is 5.73 Å². The van der Waals surface area contributed by atoms with E-state index in [-0.39, 0.29) is 6.04 Å². The zero-order chi connectivity index (χ0) is 9.78. The van der Waals surface area contributed by atoms with Crippen molar-refractivity contribution < 1.29 is 0 Å². The molecule has 0 aromatic heterocycles. The second kappa shape index (κ2) is 4.63. The number of allylic oxidation sites excluding steroid dienone is 1. The zero-order valence-electron chi connectivity index (χ0n) is 8.56. The van der Waals surface area contributed by atoms with Crippen LogP contribution >= 0.6 is 0 Å². The van der Waals surface area contributed by atoms with Crippen molar-refractivity contribution in [3.05, 3.63) is 24.4 Å². The Labute approximate surface area is 77.4 Å². The normalized spacial score (nSPS) is 14.0. The van der Waals surface area contributed by atoms with Crippen molar-refractivity contribution in [3.8, 4) is 0 Å². The van der Waals surface area contributed by atoms with Gasteiger partial charge in [0.1, 0.15) is 0 Å². The third kappa shape index (κ3) is 3.88. The Hall–Kier alpha value is -0.343. The van der Waals surface area contributed by atoms with Gasteiger partial charge in [0.15, 0.2) is 0 Å². The first-order chi connectivity index (χ1) is 5.39. The maximum atomic E-state index is 5.98. The molecule has 0 heterocycles. The molecule has 0 aromatic rings. The van der Waals surface area contributed by atoms with Gasteiger partial charge in [-0.25, -0.2) is 0 Å². The highest BCUT2D eigenvalue weighted by molar-refractivity contribution is 6.83. The van der Waals surface area contributed by atoms with Gasteiger partial charge in [0.25, 0.3) is 0 Å². The van der Waals surface area contributed by atoms with Gasteiger partial charge in [-0.05, 0) is 12.8 Å². The Kier molecular flexibility index (Phi) is 4.49. The first-order valence-corrected chi connectivity index (χ1v) is 7.95. The van der Waals surface area contributed by atoms with E-state index < -0.39 is 8.07 Å². The fraction of sp³-hybridized carbons (Fsp3) is 0.600. The van der Waals surface area contributed by atoms with Gasteiger partial charge in [-0.1, -0.05) is 30.9 Å². The topological polar surface area (TPSA) is 26.0 Å². The van der Waals surface area contributed by atoms with E-state index in [1.807, 2.05) is 6.08 Å². The molecule has 0 rings (SSSR count). The predicted molar refractivity (Wildman–Crippen MR) is 59.9 cm³/mol. The Balaban J connectivity index is 4.02. The Morgan fingerprint density at radius 3 is 2.33 bits per heavy atom. The van der Waals surface area contributed by atoms with Crippen LogP contribution in [-0.4, -0.2) is 14.1 Å². The lowest BCUT2D eigenvalue weighted by Crippen LogP contribution is -2.36. The standard InChI is InChI=1S/C10H21NSi/c1-6-7-8-10(11)9(2)12(3,4)5/h6,10H,1-2,7-8,11H2,3-5H3/t10-/m1/s1. The second-order valence-corrected chi connectivity index (χ2v) is 9.39. The molecule has 2 N–H and O–H groups in total. The van der Waals surface area contributed by atoms with Crippen molar-refractivity contribution in [1.82, 2.24) is 0 Å². The van der Waals surface area contributed by atoms with Crippen LogP contribution in [0.5, 0.6) is 0 Å². The molecule has 0 spiro atoms. The zero-order valence-corrected chi connectivity index (χ0v) is 9.56. The summed E-state index contributed by atoms with van der Waals surface area (Å²) in [5, 5.41) is 1.27. The molecule has 0 radical (unpaired) electrons. The van der Waals surface area contributed by atoms with Gasteiger partial charge in [0.2, 0.25) is 0 Å². The highest BCUT2D eigenvalue weighted by atomic mass is 28.3. The van der Waals surface area contributed by atoms with Crippen LogP contribution in [0.15, 0.2) is 24.4 Å². The van der Waals surface area contributed by atoms with Crippen molar-refractivity contribution >= 4 is 8.07 Å². The SMILES string of the molecule is C=CCC[C@@H](N)C(=C)[Si](C)(C)C. The van der Waals surface area contributed by atoms with E-state index in [0.29, 0.717) is 0 Å². The summed E-state index contributed by atoms with van der Waals surface area (Å²) >= 11 is 0. The highest BCUT2D eigenvalue weighted by Crippen LogP contribution is 2.17. The molecule has 0 aromatic carbocycles. The van der Waals surface area contributed by atoms with Crippen LogP contribution in [-0.2, 0) is 0 Å². The molecule has 70 valence electrons. The number of rotatable bonds is 5. The largest absolute Gasteiger partial charge is 0.325 e. The van der Waals surface area contributed by atoms with Gasteiger partial charge in [-0.15, -0.1) is 13.2 Å². The van der Waals surface area contributed by atoms with E-state index in [0.717, 1.165) is 12.8 Å². The molecular formula is C10H21NSi. The lowest BCUT2D eigenvalue weighted by atomic mass is 10.1. The summed E-state index contributed by atoms with van der Waals surface area (Å²) < 4.78 is 0. The Bertz CT molecular complexity index is 167. The van der Waals surface area contributed by atoms with Crippen molar-refractivity contribution in [3.63, 3.8) is 0 Å². The minimum Gasteiger partial charge on any atom is -0.325 e. The Morgan fingerprint density at radius 1 is 1.50 bits per heavy atom. The van der Waals surface area contributed by atoms with E-state index in [1.54, 1.807) is 0 Å². The third-order valence-corrected chi connectivity index (χ3v) is 4.39. The van der Waals surface area contributed by atoms with Crippen LogP contribution in [0, 0.1) is 0 Å². The molecule has 12 heavy (non-hydrogen) atoms. The smallest absolute Gasteiger partial charge is 0.0736 e. The summed E-state index contributed by atoms with van der Waals surface area (Å²) in [5.74, 6) is 0. The molecule has 0 bridgehead atoms. The summed E-state index contributed by atoms with van der Waals surface area (Å²) in [6, 6.07) is 0.176. The van der Waals surface area contributed by atoms with Crippen LogP contribution in [0.4, 0.5) is 0 Å². The molecular weight excluding hydrogens is 162 g/mol. The first kappa shape index (κ1) is 11.7. The van der Waals surface area contributed by atoms with Gasteiger partial charge >= 0.3 is 0 Å². The molecule has 0 amide bonds. The molecule has 0 unspecified atom stereocenters. The molecule has 0 saturated carbocycles. The molecule has 1 nitrogen and oxygen atoms in total. The summed E-state index contributed by atoms with van der Waals surface area (Å²) in [4.78, 5) is 0.